The summed E-state index contributed by atoms with van der Waals surface area (Å²) in [5, 5.41) is 19.6. The fraction of sp³-hybridized carbons (Fsp3) is 0.500. The van der Waals surface area contributed by atoms with Gasteiger partial charge in [0.15, 0.2) is 0 Å². The number of piperidine rings is 1. The van der Waals surface area contributed by atoms with Crippen LogP contribution in [0.5, 0.6) is 0 Å². The zero-order valence-electron chi connectivity index (χ0n) is 9.97. The van der Waals surface area contributed by atoms with Crippen molar-refractivity contribution < 1.29 is 10.0 Å². The van der Waals surface area contributed by atoms with Crippen LogP contribution in [-0.2, 0) is 0 Å². The molecule has 0 saturated carbocycles. The van der Waals surface area contributed by atoms with Crippen molar-refractivity contribution in [1.82, 2.24) is 0 Å². The van der Waals surface area contributed by atoms with E-state index in [1.165, 1.54) is 11.3 Å². The highest BCUT2D eigenvalue weighted by Crippen LogP contribution is 2.15. The molecule has 0 amide bonds. The molecule has 1 fully saturated rings. The number of rotatable bonds is 3. The van der Waals surface area contributed by atoms with E-state index in [9.17, 15) is 10.4 Å². The van der Waals surface area contributed by atoms with Crippen LogP contribution in [0.3, 0.4) is 0 Å². The van der Waals surface area contributed by atoms with Crippen molar-refractivity contribution in [3.8, 4) is 6.07 Å². The fourth-order valence-electron chi connectivity index (χ4n) is 2.54. The van der Waals surface area contributed by atoms with Crippen molar-refractivity contribution in [1.29, 1.82) is 5.26 Å². The van der Waals surface area contributed by atoms with Gasteiger partial charge in [-0.15, -0.1) is 0 Å². The minimum absolute atomic E-state index is 0.335. The zero-order chi connectivity index (χ0) is 12.1. The van der Waals surface area contributed by atoms with Gasteiger partial charge in [0.1, 0.15) is 12.2 Å². The highest BCUT2D eigenvalue weighted by Gasteiger charge is 2.31. The molecule has 1 aliphatic heterocycles. The maximum absolute atomic E-state index is 10.3. The molecular formula is C14H19N2O+. The number of aliphatic hydroxyl groups is 1. The summed E-state index contributed by atoms with van der Waals surface area (Å²) in [5.74, 6) is 0. The van der Waals surface area contributed by atoms with E-state index in [1.54, 1.807) is 0 Å². The Bertz CT molecular complexity index is 379. The lowest BCUT2D eigenvalue weighted by Gasteiger charge is -2.30. The van der Waals surface area contributed by atoms with E-state index in [-0.39, 0.29) is 6.04 Å². The predicted octanol–water partition coefficient (Wildman–Crippen LogP) is 0.681. The number of nitrogens with zero attached hydrogens (tertiary/aromatic N) is 1. The van der Waals surface area contributed by atoms with Crippen molar-refractivity contribution in [3.05, 3.63) is 35.9 Å². The van der Waals surface area contributed by atoms with Crippen LogP contribution < -0.4 is 4.90 Å². The van der Waals surface area contributed by atoms with Crippen LogP contribution in [0.4, 0.5) is 0 Å². The minimum atomic E-state index is -0.672. The third-order valence-electron chi connectivity index (χ3n) is 3.53. The third kappa shape index (κ3) is 2.85. The van der Waals surface area contributed by atoms with E-state index < -0.39 is 6.10 Å². The number of hydrogen-bond acceptors (Lipinski definition) is 2. The van der Waals surface area contributed by atoms with Crippen molar-refractivity contribution in [2.75, 3.05) is 13.1 Å². The maximum atomic E-state index is 10.3. The molecule has 17 heavy (non-hydrogen) atoms. The van der Waals surface area contributed by atoms with Gasteiger partial charge in [-0.2, -0.15) is 5.26 Å². The Morgan fingerprint density at radius 2 is 1.76 bits per heavy atom. The van der Waals surface area contributed by atoms with E-state index in [0.717, 1.165) is 31.5 Å². The van der Waals surface area contributed by atoms with E-state index in [0.29, 0.717) is 0 Å². The first-order valence-corrected chi connectivity index (χ1v) is 6.30. The summed E-state index contributed by atoms with van der Waals surface area (Å²) in [5.41, 5.74) is 0.845. The maximum Gasteiger partial charge on any atom is 0.205 e. The Kier molecular flexibility index (Phi) is 4.13. The molecule has 2 N–H and O–H groups in total. The highest BCUT2D eigenvalue weighted by molar-refractivity contribution is 5.20. The average Bonchev–Trinajstić information content (AvgIpc) is 2.42. The first kappa shape index (κ1) is 12.1. The van der Waals surface area contributed by atoms with Crippen molar-refractivity contribution in [2.45, 2.75) is 31.4 Å². The smallest absolute Gasteiger partial charge is 0.205 e. The van der Waals surface area contributed by atoms with E-state index >= 15 is 0 Å². The lowest BCUT2D eigenvalue weighted by atomic mass is 9.99. The number of quaternary nitrogens is 1. The summed E-state index contributed by atoms with van der Waals surface area (Å²) in [6.07, 6.45) is 2.90. The normalized spacial score (nSPS) is 20.5. The molecule has 0 aromatic heterocycles. The average molecular weight is 231 g/mol. The number of hydrogen-bond donors (Lipinski definition) is 2. The van der Waals surface area contributed by atoms with Gasteiger partial charge in [0, 0.05) is 0 Å². The molecule has 0 radical (unpaired) electrons. The summed E-state index contributed by atoms with van der Waals surface area (Å²) < 4.78 is 0. The number of nitriles is 1. The van der Waals surface area contributed by atoms with Gasteiger partial charge in [0.05, 0.1) is 13.1 Å². The minimum Gasteiger partial charge on any atom is -0.381 e. The Hall–Kier alpha value is -1.37. The van der Waals surface area contributed by atoms with E-state index in [4.69, 9.17) is 0 Å². The molecule has 0 spiro atoms. The molecule has 1 aromatic rings. The van der Waals surface area contributed by atoms with Gasteiger partial charge >= 0.3 is 0 Å². The van der Waals surface area contributed by atoms with Crippen LogP contribution in [0.1, 0.15) is 30.9 Å². The van der Waals surface area contributed by atoms with E-state index in [2.05, 4.69) is 6.07 Å². The highest BCUT2D eigenvalue weighted by atomic mass is 16.3. The van der Waals surface area contributed by atoms with Crippen LogP contribution >= 0.6 is 0 Å². The summed E-state index contributed by atoms with van der Waals surface area (Å²) in [7, 11) is 0. The Morgan fingerprint density at radius 1 is 1.12 bits per heavy atom. The van der Waals surface area contributed by atoms with Crippen LogP contribution in [0.25, 0.3) is 0 Å². The molecule has 2 atom stereocenters. The van der Waals surface area contributed by atoms with Gasteiger partial charge in [-0.25, -0.2) is 0 Å². The zero-order valence-corrected chi connectivity index (χ0v) is 9.97. The lowest BCUT2D eigenvalue weighted by molar-refractivity contribution is -0.926. The molecule has 1 heterocycles. The fourth-order valence-corrected chi connectivity index (χ4v) is 2.54. The lowest BCUT2D eigenvalue weighted by Crippen LogP contribution is -3.17. The summed E-state index contributed by atoms with van der Waals surface area (Å²) in [6.45, 7) is 2.00. The molecule has 3 heteroatoms. The number of nitrogens with one attached hydrogen (secondary N) is 1. The molecule has 1 aliphatic rings. The first-order chi connectivity index (χ1) is 8.33. The van der Waals surface area contributed by atoms with Gasteiger partial charge in [-0.3, -0.25) is 0 Å². The molecule has 1 saturated heterocycles. The van der Waals surface area contributed by atoms with Gasteiger partial charge in [0.25, 0.3) is 0 Å². The van der Waals surface area contributed by atoms with E-state index in [1.807, 2.05) is 30.3 Å². The summed E-state index contributed by atoms with van der Waals surface area (Å²) in [6, 6.07) is 11.4. The molecule has 0 aliphatic carbocycles. The topological polar surface area (TPSA) is 48.5 Å². The molecule has 90 valence electrons. The molecule has 1 aromatic carbocycles. The number of aliphatic hydroxyl groups excluding tert-OH is 1. The molecule has 0 bridgehead atoms. The molecule has 0 unspecified atom stereocenters. The molecule has 3 nitrogen and oxygen atoms in total. The summed E-state index contributed by atoms with van der Waals surface area (Å²) in [4.78, 5) is 1.23. The summed E-state index contributed by atoms with van der Waals surface area (Å²) >= 11 is 0. The van der Waals surface area contributed by atoms with Crippen LogP contribution in [0, 0.1) is 11.3 Å². The Balaban J connectivity index is 2.10. The Labute approximate surface area is 102 Å². The van der Waals surface area contributed by atoms with Gasteiger partial charge in [-0.05, 0) is 24.8 Å². The Morgan fingerprint density at radius 3 is 2.35 bits per heavy atom. The molecule has 2 rings (SSSR count). The predicted molar refractivity (Wildman–Crippen MR) is 65.4 cm³/mol. The second-order valence-electron chi connectivity index (χ2n) is 4.68. The van der Waals surface area contributed by atoms with Crippen LogP contribution in [-0.4, -0.2) is 24.2 Å². The number of benzene rings is 1. The van der Waals surface area contributed by atoms with Gasteiger partial charge < -0.3 is 10.0 Å². The second kappa shape index (κ2) is 5.81. The SMILES string of the molecule is N#C[C@@H]([C@H](O)c1ccccc1)[NH+]1CCCCC1. The van der Waals surface area contributed by atoms with Crippen molar-refractivity contribution in [3.63, 3.8) is 0 Å². The van der Waals surface area contributed by atoms with Gasteiger partial charge in [-0.1, -0.05) is 30.3 Å². The standard InChI is InChI=1S/C14H18N2O/c15-11-13(16-9-5-2-6-10-16)14(17)12-7-3-1-4-8-12/h1,3-4,7-8,13-14,17H,2,5-6,9-10H2/p+1/t13-,14+/m0/s1. The second-order valence-corrected chi connectivity index (χ2v) is 4.68. The largest absolute Gasteiger partial charge is 0.381 e. The van der Waals surface area contributed by atoms with Crippen LogP contribution in [0.15, 0.2) is 30.3 Å². The number of likely N-dealkylation sites (tertiary alicyclic amines) is 1. The third-order valence-corrected chi connectivity index (χ3v) is 3.53. The van der Waals surface area contributed by atoms with Crippen LogP contribution in [0.2, 0.25) is 0 Å². The molecular weight excluding hydrogens is 212 g/mol. The van der Waals surface area contributed by atoms with Gasteiger partial charge in [0.2, 0.25) is 6.04 Å². The monoisotopic (exact) mass is 231 g/mol. The first-order valence-electron chi connectivity index (χ1n) is 6.30. The van der Waals surface area contributed by atoms with Crippen molar-refractivity contribution in [2.24, 2.45) is 0 Å². The van der Waals surface area contributed by atoms with Crippen molar-refractivity contribution >= 4 is 0 Å². The quantitative estimate of drug-likeness (QED) is 0.803.